The van der Waals surface area contributed by atoms with E-state index in [9.17, 15) is 19.2 Å². The molecule has 178 valence electrons. The molecule has 1 aromatic rings. The lowest BCUT2D eigenvalue weighted by molar-refractivity contribution is -0.140. The van der Waals surface area contributed by atoms with E-state index in [0.29, 0.717) is 0 Å². The molecule has 0 heterocycles. The Labute approximate surface area is 177 Å². The van der Waals surface area contributed by atoms with Gasteiger partial charge in [0.05, 0.1) is 13.2 Å². The Bertz CT molecular complexity index is 667. The highest BCUT2D eigenvalue weighted by Crippen LogP contribution is 2.10. The molecule has 0 aromatic heterocycles. The number of phenols is 1. The molecule has 0 aliphatic carbocycles. The van der Waals surface area contributed by atoms with Crippen LogP contribution in [0.5, 0.6) is 5.75 Å². The third-order valence-corrected chi connectivity index (χ3v) is 2.79. The van der Waals surface area contributed by atoms with E-state index >= 15 is 0 Å². The van der Waals surface area contributed by atoms with E-state index in [1.165, 1.54) is 19.1 Å². The van der Waals surface area contributed by atoms with Gasteiger partial charge >= 0.3 is 23.9 Å². The molecular formula is C17H30N4O10. The van der Waals surface area contributed by atoms with Crippen molar-refractivity contribution < 1.29 is 49.8 Å². The number of aromatic hydroxyl groups is 1. The molecule has 3 atom stereocenters. The molecule has 3 unspecified atom stereocenters. The minimum absolute atomic E-state index is 0.160. The smallest absolute Gasteiger partial charge is 0.322 e. The van der Waals surface area contributed by atoms with Crippen LogP contribution in [0.2, 0.25) is 0 Å². The summed E-state index contributed by atoms with van der Waals surface area (Å²) in [6.45, 7) is 0.637. The number of hydrogen-bond acceptors (Lipinski definition) is 10. The van der Waals surface area contributed by atoms with Crippen molar-refractivity contribution in [2.24, 2.45) is 22.9 Å². The zero-order valence-corrected chi connectivity index (χ0v) is 16.8. The molecule has 14 nitrogen and oxygen atoms in total. The summed E-state index contributed by atoms with van der Waals surface area (Å²) in [4.78, 5) is 38.9. The van der Waals surface area contributed by atoms with Crippen molar-refractivity contribution in [3.05, 3.63) is 29.8 Å². The standard InChI is InChI=1S/C9H11NO3.C3H7NO3.C3H7NO2.C2H5NO2/c10-8(9(12)13)5-6-1-3-7(11)4-2-6;4-2(1-5)3(6)7;1-2(4)3(5)6;3-1-2(4)5/h1-4,8,11H,5,10H2,(H,12,13);2,5H,1,4H2,(H,6,7);2H,4H2,1H3,(H,5,6);1,3H2,(H,4,5). The molecule has 0 aliphatic rings. The fourth-order valence-electron chi connectivity index (χ4n) is 1.05. The van der Waals surface area contributed by atoms with Gasteiger partial charge in [-0.05, 0) is 31.0 Å². The van der Waals surface area contributed by atoms with E-state index in [4.69, 9.17) is 47.8 Å². The maximum atomic E-state index is 10.4. The highest BCUT2D eigenvalue weighted by Gasteiger charge is 2.11. The number of nitrogens with two attached hydrogens (primary N) is 4. The molecule has 0 amide bonds. The Morgan fingerprint density at radius 1 is 0.839 bits per heavy atom. The summed E-state index contributed by atoms with van der Waals surface area (Å²) in [5, 5.41) is 48.8. The Morgan fingerprint density at radius 3 is 1.39 bits per heavy atom. The summed E-state index contributed by atoms with van der Waals surface area (Å²) in [6, 6.07) is 3.57. The van der Waals surface area contributed by atoms with Crippen LogP contribution in [0.1, 0.15) is 12.5 Å². The number of rotatable bonds is 7. The van der Waals surface area contributed by atoms with Crippen molar-refractivity contribution >= 4 is 23.9 Å². The van der Waals surface area contributed by atoms with Crippen LogP contribution >= 0.6 is 0 Å². The number of hydrogen-bond donors (Lipinski definition) is 10. The highest BCUT2D eigenvalue weighted by atomic mass is 16.4. The SMILES string of the molecule is CC(N)C(=O)O.NC(CO)C(=O)O.NC(Cc1ccc(O)cc1)C(=O)O.NCC(=O)O. The Hall–Kier alpha value is -3.30. The third kappa shape index (κ3) is 22.8. The first-order valence-corrected chi connectivity index (χ1v) is 8.45. The van der Waals surface area contributed by atoms with Crippen molar-refractivity contribution in [3.63, 3.8) is 0 Å². The predicted molar refractivity (Wildman–Crippen MR) is 108 cm³/mol. The van der Waals surface area contributed by atoms with Gasteiger partial charge in [-0.25, -0.2) is 0 Å². The van der Waals surface area contributed by atoms with Gasteiger partial charge < -0.3 is 53.6 Å². The number of carboxylic acid groups (broad SMARTS) is 4. The summed E-state index contributed by atoms with van der Waals surface area (Å²) in [6.07, 6.45) is 0.273. The quantitative estimate of drug-likeness (QED) is 0.200. The Morgan fingerprint density at radius 2 is 1.19 bits per heavy atom. The lowest BCUT2D eigenvalue weighted by Gasteiger charge is -2.05. The topological polar surface area (TPSA) is 294 Å². The summed E-state index contributed by atoms with van der Waals surface area (Å²) in [5.74, 6) is -3.97. The van der Waals surface area contributed by atoms with E-state index in [-0.39, 0.29) is 18.7 Å². The predicted octanol–water partition coefficient (Wildman–Crippen LogP) is -2.81. The molecule has 1 aromatic carbocycles. The molecule has 0 bridgehead atoms. The average Bonchev–Trinajstić information content (AvgIpc) is 2.70. The molecule has 1 rings (SSSR count). The van der Waals surface area contributed by atoms with Crippen molar-refractivity contribution in [1.82, 2.24) is 0 Å². The van der Waals surface area contributed by atoms with E-state index in [2.05, 4.69) is 5.73 Å². The molecule has 31 heavy (non-hydrogen) atoms. The van der Waals surface area contributed by atoms with E-state index in [1.807, 2.05) is 0 Å². The number of aliphatic carboxylic acids is 4. The number of aliphatic hydroxyl groups is 1. The number of benzene rings is 1. The van der Waals surface area contributed by atoms with Crippen LogP contribution in [-0.2, 0) is 25.6 Å². The molecule has 0 fully saturated rings. The fourth-order valence-corrected chi connectivity index (χ4v) is 1.05. The Kier molecular flexibility index (Phi) is 19.5. The molecule has 14 N–H and O–H groups in total. The fraction of sp³-hybridized carbons (Fsp3) is 0.412. The van der Waals surface area contributed by atoms with Crippen LogP contribution in [0.15, 0.2) is 24.3 Å². The van der Waals surface area contributed by atoms with Crippen LogP contribution in [0.4, 0.5) is 0 Å². The van der Waals surface area contributed by atoms with Gasteiger partial charge in [0.2, 0.25) is 0 Å². The molecular weight excluding hydrogens is 420 g/mol. The van der Waals surface area contributed by atoms with Gasteiger partial charge in [-0.15, -0.1) is 0 Å². The van der Waals surface area contributed by atoms with Crippen molar-refractivity contribution in [3.8, 4) is 5.75 Å². The minimum Gasteiger partial charge on any atom is -0.508 e. The minimum atomic E-state index is -1.18. The maximum Gasteiger partial charge on any atom is 0.322 e. The first-order valence-electron chi connectivity index (χ1n) is 8.45. The first kappa shape index (κ1) is 32.4. The number of carbonyl (C=O) groups is 4. The summed E-state index contributed by atoms with van der Waals surface area (Å²) in [5.41, 5.74) is 20.3. The van der Waals surface area contributed by atoms with Crippen molar-refractivity contribution in [2.45, 2.75) is 31.5 Å². The second-order valence-electron chi connectivity index (χ2n) is 5.67. The zero-order valence-electron chi connectivity index (χ0n) is 16.8. The van der Waals surface area contributed by atoms with Crippen LogP contribution in [0, 0.1) is 0 Å². The normalized spacial score (nSPS) is 12.1. The van der Waals surface area contributed by atoms with Gasteiger partial charge in [0.15, 0.2) is 0 Å². The Balaban J connectivity index is -0.000000371. The molecule has 0 spiro atoms. The van der Waals surface area contributed by atoms with Gasteiger partial charge in [0.25, 0.3) is 0 Å². The van der Waals surface area contributed by atoms with Crippen molar-refractivity contribution in [2.75, 3.05) is 13.2 Å². The maximum absolute atomic E-state index is 10.4. The third-order valence-electron chi connectivity index (χ3n) is 2.79. The lowest BCUT2D eigenvalue weighted by atomic mass is 10.1. The van der Waals surface area contributed by atoms with E-state index < -0.39 is 48.6 Å². The molecule has 14 heteroatoms. The van der Waals surface area contributed by atoms with Gasteiger partial charge in [0.1, 0.15) is 23.9 Å². The van der Waals surface area contributed by atoms with Crippen LogP contribution < -0.4 is 22.9 Å². The van der Waals surface area contributed by atoms with Gasteiger partial charge in [-0.3, -0.25) is 19.2 Å². The second kappa shape index (κ2) is 18.7. The zero-order chi connectivity index (χ0) is 25.1. The number of phenolic OH excluding ortho intramolecular Hbond substituents is 1. The number of aliphatic hydroxyl groups excluding tert-OH is 1. The number of carboxylic acids is 4. The van der Waals surface area contributed by atoms with Crippen molar-refractivity contribution in [1.29, 1.82) is 0 Å². The first-order chi connectivity index (χ1) is 14.2. The second-order valence-corrected chi connectivity index (χ2v) is 5.67. The summed E-state index contributed by atoms with van der Waals surface area (Å²) in [7, 11) is 0. The van der Waals surface area contributed by atoms with E-state index in [0.717, 1.165) is 5.56 Å². The van der Waals surface area contributed by atoms with E-state index in [1.54, 1.807) is 12.1 Å². The largest absolute Gasteiger partial charge is 0.508 e. The van der Waals surface area contributed by atoms with Gasteiger partial charge in [-0.2, -0.15) is 0 Å². The van der Waals surface area contributed by atoms with Gasteiger partial charge in [-0.1, -0.05) is 12.1 Å². The van der Waals surface area contributed by atoms with Crippen LogP contribution in [0.25, 0.3) is 0 Å². The van der Waals surface area contributed by atoms with Crippen LogP contribution in [0.3, 0.4) is 0 Å². The van der Waals surface area contributed by atoms with Crippen LogP contribution in [-0.4, -0.2) is 85.8 Å². The lowest BCUT2D eigenvalue weighted by Crippen LogP contribution is -2.33. The van der Waals surface area contributed by atoms with Gasteiger partial charge in [0, 0.05) is 0 Å². The molecule has 0 aliphatic heterocycles. The molecule has 0 radical (unpaired) electrons. The molecule has 0 saturated carbocycles. The summed E-state index contributed by atoms with van der Waals surface area (Å²) >= 11 is 0. The molecule has 0 saturated heterocycles. The monoisotopic (exact) mass is 450 g/mol. The average molecular weight is 450 g/mol. The summed E-state index contributed by atoms with van der Waals surface area (Å²) < 4.78 is 0. The highest BCUT2D eigenvalue weighted by molar-refractivity contribution is 5.73.